The normalized spacial score (nSPS) is 16.5. The third-order valence-electron chi connectivity index (χ3n) is 11.2. The van der Waals surface area contributed by atoms with Gasteiger partial charge in [-0.25, -0.2) is 0 Å². The number of nitrogens with zero attached hydrogens (tertiary/aromatic N) is 1. The molecule has 9 rings (SSSR count). The van der Waals surface area contributed by atoms with Crippen LogP contribution in [0.4, 0.5) is 17.1 Å². The fourth-order valence-electron chi connectivity index (χ4n) is 8.60. The lowest BCUT2D eigenvalue weighted by Gasteiger charge is -2.30. The summed E-state index contributed by atoms with van der Waals surface area (Å²) in [5.74, 6) is 0. The van der Waals surface area contributed by atoms with Gasteiger partial charge in [-0.1, -0.05) is 130 Å². The van der Waals surface area contributed by atoms with Crippen LogP contribution in [0.25, 0.3) is 38.6 Å². The molecular weight excluding hydrogens is 567 g/mol. The highest BCUT2D eigenvalue weighted by Gasteiger charge is 2.38. The number of fused-ring (bicyclic) bond motifs is 6. The van der Waals surface area contributed by atoms with Crippen molar-refractivity contribution < 1.29 is 0 Å². The largest absolute Gasteiger partial charge is 0.310 e. The summed E-state index contributed by atoms with van der Waals surface area (Å²) in [4.78, 5) is 2.47. The zero-order valence-electron chi connectivity index (χ0n) is 27.6. The van der Waals surface area contributed by atoms with E-state index in [4.69, 9.17) is 0 Å². The van der Waals surface area contributed by atoms with Crippen LogP contribution in [0.3, 0.4) is 0 Å². The van der Waals surface area contributed by atoms with Crippen molar-refractivity contribution in [2.24, 2.45) is 0 Å². The Morgan fingerprint density at radius 3 is 1.89 bits per heavy atom. The van der Waals surface area contributed by atoms with Gasteiger partial charge >= 0.3 is 0 Å². The molecule has 0 unspecified atom stereocenters. The van der Waals surface area contributed by atoms with Crippen LogP contribution in [0.2, 0.25) is 0 Å². The number of benzene rings is 6. The molecule has 0 heterocycles. The quantitative estimate of drug-likeness (QED) is 0.193. The van der Waals surface area contributed by atoms with Crippen LogP contribution in [-0.4, -0.2) is 0 Å². The van der Waals surface area contributed by atoms with Crippen molar-refractivity contribution in [3.8, 4) is 22.3 Å². The van der Waals surface area contributed by atoms with Crippen molar-refractivity contribution in [1.29, 1.82) is 0 Å². The van der Waals surface area contributed by atoms with Gasteiger partial charge in [0.2, 0.25) is 0 Å². The van der Waals surface area contributed by atoms with E-state index in [2.05, 4.69) is 172 Å². The summed E-state index contributed by atoms with van der Waals surface area (Å²) in [7, 11) is 0. The molecule has 0 radical (unpaired) electrons. The second-order valence-corrected chi connectivity index (χ2v) is 14.5. The van der Waals surface area contributed by atoms with Crippen molar-refractivity contribution in [2.45, 2.75) is 51.4 Å². The molecular formula is C46H39N. The van der Waals surface area contributed by atoms with E-state index in [1.807, 2.05) is 0 Å². The first-order valence-electron chi connectivity index (χ1n) is 17.0. The maximum absolute atomic E-state index is 2.47. The Labute approximate surface area is 278 Å². The van der Waals surface area contributed by atoms with Crippen LogP contribution in [-0.2, 0) is 10.8 Å². The molecule has 6 aromatic carbocycles. The van der Waals surface area contributed by atoms with Gasteiger partial charge in [-0.15, -0.1) is 0 Å². The molecule has 0 spiro atoms. The third kappa shape index (κ3) is 4.22. The number of rotatable bonds is 4. The molecule has 228 valence electrons. The molecule has 0 aromatic heterocycles. The maximum Gasteiger partial charge on any atom is 0.0465 e. The number of allylic oxidation sites excluding steroid dienone is 4. The van der Waals surface area contributed by atoms with Gasteiger partial charge in [0.15, 0.2) is 0 Å². The molecule has 0 fully saturated rings. The molecule has 0 N–H and O–H groups in total. The van der Waals surface area contributed by atoms with E-state index in [-0.39, 0.29) is 10.8 Å². The van der Waals surface area contributed by atoms with Crippen molar-refractivity contribution in [2.75, 3.05) is 4.90 Å². The predicted molar refractivity (Wildman–Crippen MR) is 200 cm³/mol. The van der Waals surface area contributed by atoms with Gasteiger partial charge in [0, 0.05) is 27.9 Å². The van der Waals surface area contributed by atoms with E-state index in [9.17, 15) is 0 Å². The van der Waals surface area contributed by atoms with Gasteiger partial charge in [-0.05, 0) is 116 Å². The zero-order chi connectivity index (χ0) is 31.9. The minimum atomic E-state index is -0.0667. The highest BCUT2D eigenvalue weighted by atomic mass is 15.1. The Bertz CT molecular complexity index is 2290. The summed E-state index contributed by atoms with van der Waals surface area (Å²) >= 11 is 0. The molecule has 3 aliphatic carbocycles. The fraction of sp³-hybridized carbons (Fsp3) is 0.174. The molecule has 0 aliphatic heterocycles. The van der Waals surface area contributed by atoms with Crippen LogP contribution in [0.1, 0.15) is 62.8 Å². The van der Waals surface area contributed by atoms with Gasteiger partial charge in [0.1, 0.15) is 0 Å². The minimum absolute atomic E-state index is 0.0125. The second kappa shape index (κ2) is 10.2. The summed E-state index contributed by atoms with van der Waals surface area (Å²) in [5, 5.41) is 2.54. The Kier molecular flexibility index (Phi) is 6.09. The molecule has 3 aliphatic rings. The van der Waals surface area contributed by atoms with Crippen LogP contribution in [0.5, 0.6) is 0 Å². The molecule has 1 heteroatoms. The van der Waals surface area contributed by atoms with Gasteiger partial charge in [-0.3, -0.25) is 0 Å². The maximum atomic E-state index is 2.47. The lowest BCUT2D eigenvalue weighted by molar-refractivity contribution is 0.607. The molecule has 0 atom stereocenters. The van der Waals surface area contributed by atoms with E-state index < -0.39 is 0 Å². The Morgan fingerprint density at radius 1 is 0.489 bits per heavy atom. The summed E-state index contributed by atoms with van der Waals surface area (Å²) in [6.45, 7) is 9.56. The first-order chi connectivity index (χ1) is 22.8. The Morgan fingerprint density at radius 2 is 1.11 bits per heavy atom. The van der Waals surface area contributed by atoms with E-state index in [1.54, 1.807) is 5.57 Å². The first-order valence-corrected chi connectivity index (χ1v) is 17.0. The van der Waals surface area contributed by atoms with Crippen LogP contribution in [0.15, 0.2) is 145 Å². The summed E-state index contributed by atoms with van der Waals surface area (Å²) < 4.78 is 0. The van der Waals surface area contributed by atoms with Crippen molar-refractivity contribution >= 4 is 33.4 Å². The lowest BCUT2D eigenvalue weighted by Crippen LogP contribution is -2.19. The number of anilines is 3. The van der Waals surface area contributed by atoms with Crippen LogP contribution >= 0.6 is 0 Å². The van der Waals surface area contributed by atoms with Crippen LogP contribution in [0, 0.1) is 0 Å². The highest BCUT2D eigenvalue weighted by Crippen LogP contribution is 2.53. The summed E-state index contributed by atoms with van der Waals surface area (Å²) in [6.07, 6.45) is 6.97. The highest BCUT2D eigenvalue weighted by molar-refractivity contribution is 5.91. The van der Waals surface area contributed by atoms with Crippen molar-refractivity contribution in [3.05, 3.63) is 167 Å². The molecule has 0 bridgehead atoms. The van der Waals surface area contributed by atoms with Gasteiger partial charge in [0.05, 0.1) is 0 Å². The van der Waals surface area contributed by atoms with E-state index in [0.717, 1.165) is 18.5 Å². The van der Waals surface area contributed by atoms with Gasteiger partial charge in [0.25, 0.3) is 0 Å². The van der Waals surface area contributed by atoms with E-state index >= 15 is 0 Å². The predicted octanol–water partition coefficient (Wildman–Crippen LogP) is 12.7. The monoisotopic (exact) mass is 605 g/mol. The smallest absolute Gasteiger partial charge is 0.0465 e. The summed E-state index contributed by atoms with van der Waals surface area (Å²) in [5.41, 5.74) is 17.3. The average Bonchev–Trinajstić information content (AvgIpc) is 3.48. The van der Waals surface area contributed by atoms with Gasteiger partial charge < -0.3 is 4.90 Å². The second-order valence-electron chi connectivity index (χ2n) is 14.5. The minimum Gasteiger partial charge on any atom is -0.310 e. The SMILES string of the molecule is CC1(C)C2=C(C=CCC2)c2ccc(N(c3ccc(-c4ccc5ccccc5c4)cc3)c3ccc4c(c3)C(C)(C)c3ccccc3-4)cc21. The molecule has 0 saturated carbocycles. The Balaban J connectivity index is 1.18. The van der Waals surface area contributed by atoms with E-state index in [1.165, 1.54) is 72.2 Å². The third-order valence-corrected chi connectivity index (χ3v) is 11.2. The summed E-state index contributed by atoms with van der Waals surface area (Å²) in [6, 6.07) is 47.7. The molecule has 0 saturated heterocycles. The van der Waals surface area contributed by atoms with E-state index in [0.29, 0.717) is 0 Å². The molecule has 0 amide bonds. The van der Waals surface area contributed by atoms with Crippen molar-refractivity contribution in [1.82, 2.24) is 0 Å². The average molecular weight is 606 g/mol. The first kappa shape index (κ1) is 28.1. The molecule has 1 nitrogen and oxygen atoms in total. The molecule has 47 heavy (non-hydrogen) atoms. The Hall–Kier alpha value is -5.14. The number of hydrogen-bond donors (Lipinski definition) is 0. The number of hydrogen-bond acceptors (Lipinski definition) is 1. The lowest BCUT2D eigenvalue weighted by atomic mass is 9.78. The van der Waals surface area contributed by atoms with Crippen molar-refractivity contribution in [3.63, 3.8) is 0 Å². The zero-order valence-corrected chi connectivity index (χ0v) is 27.6. The molecule has 6 aromatic rings. The standard InChI is InChI=1S/C46H39N/c1-45(2)41-15-9-7-13-37(41)39-25-23-35(28-43(39)45)47(36-24-26-40-38-14-8-10-16-42(38)46(3,4)44(40)29-36)34-21-19-31(20-22-34)33-18-17-30-11-5-6-12-32(30)27-33/h5-9,11-15,17-29H,10,16H2,1-4H3. The fourth-order valence-corrected chi connectivity index (χ4v) is 8.60. The van der Waals surface area contributed by atoms with Gasteiger partial charge in [-0.2, -0.15) is 0 Å². The van der Waals surface area contributed by atoms with Crippen LogP contribution < -0.4 is 4.90 Å². The topological polar surface area (TPSA) is 3.24 Å².